The van der Waals surface area contributed by atoms with Crippen molar-refractivity contribution >= 4 is 33.3 Å². The molecule has 0 atom stereocenters. The monoisotopic (exact) mass is 166 g/mol. The lowest BCUT2D eigenvalue weighted by Gasteiger charge is -2.00. The van der Waals surface area contributed by atoms with E-state index in [4.69, 9.17) is 10.7 Å². The third-order valence-corrected chi connectivity index (χ3v) is 1.31. The summed E-state index contributed by atoms with van der Waals surface area (Å²) in [6, 6.07) is 0. The van der Waals surface area contributed by atoms with Crippen LogP contribution in [0, 0.1) is 0 Å². The molecule has 0 amide bonds. The molecule has 0 radical (unpaired) electrons. The fourth-order valence-corrected chi connectivity index (χ4v) is 0.928. The van der Waals surface area contributed by atoms with Crippen LogP contribution in [0.4, 0.5) is 8.78 Å². The molecule has 0 aromatic rings. The first kappa shape index (κ1) is 7.79. The van der Waals surface area contributed by atoms with E-state index in [1.165, 1.54) is 0 Å². The van der Waals surface area contributed by atoms with Gasteiger partial charge in [-0.05, 0) is 33.3 Å². The van der Waals surface area contributed by atoms with Crippen LogP contribution in [0.5, 0.6) is 0 Å². The lowest BCUT2D eigenvalue weighted by Crippen LogP contribution is -2.07. The van der Waals surface area contributed by atoms with E-state index in [1.807, 2.05) is 0 Å². The third-order valence-electron chi connectivity index (χ3n) is 0.218. The molecule has 0 unspecified atom stereocenters. The Kier molecular flexibility index (Phi) is 3.28. The highest BCUT2D eigenvalue weighted by Gasteiger charge is 2.23. The Hall–Kier alpha value is 0.790. The molecule has 0 bridgehead atoms. The standard InChI is InChI=1S/C2H2Cl2F2S/c3-2(5,6)1-7-4/h1H2. The first-order valence-electron chi connectivity index (χ1n) is 1.36. The van der Waals surface area contributed by atoms with E-state index in [0.29, 0.717) is 11.0 Å². The van der Waals surface area contributed by atoms with Crippen LogP contribution in [0.3, 0.4) is 0 Å². The second kappa shape index (κ2) is 2.95. The summed E-state index contributed by atoms with van der Waals surface area (Å²) in [7, 11) is 5.34. The largest absolute Gasteiger partial charge is 0.331 e. The van der Waals surface area contributed by atoms with Gasteiger partial charge in [0.1, 0.15) is 0 Å². The predicted molar refractivity (Wildman–Crippen MR) is 29.1 cm³/mol. The van der Waals surface area contributed by atoms with Crippen LogP contribution in [-0.4, -0.2) is 11.1 Å². The van der Waals surface area contributed by atoms with Crippen molar-refractivity contribution in [1.82, 2.24) is 0 Å². The van der Waals surface area contributed by atoms with Crippen molar-refractivity contribution in [3.8, 4) is 0 Å². The lowest BCUT2D eigenvalue weighted by atomic mass is 10.8. The molecule has 0 spiro atoms. The van der Waals surface area contributed by atoms with Crippen molar-refractivity contribution in [2.75, 3.05) is 5.75 Å². The average molecular weight is 167 g/mol. The SMILES string of the molecule is FC(F)(Cl)CSCl. The average Bonchev–Trinajstić information content (AvgIpc) is 1.30. The van der Waals surface area contributed by atoms with Gasteiger partial charge in [0, 0.05) is 0 Å². The van der Waals surface area contributed by atoms with Gasteiger partial charge in [0.2, 0.25) is 0 Å². The summed E-state index contributed by atoms with van der Waals surface area (Å²) in [6.45, 7) is 0. The lowest BCUT2D eigenvalue weighted by molar-refractivity contribution is 0.125. The van der Waals surface area contributed by atoms with Gasteiger partial charge in [0.15, 0.2) is 0 Å². The second-order valence-electron chi connectivity index (χ2n) is 0.869. The molecule has 0 N–H and O–H groups in total. The topological polar surface area (TPSA) is 0 Å². The van der Waals surface area contributed by atoms with Crippen LogP contribution >= 0.6 is 33.3 Å². The van der Waals surface area contributed by atoms with Crippen molar-refractivity contribution < 1.29 is 8.78 Å². The molecule has 44 valence electrons. The van der Waals surface area contributed by atoms with Gasteiger partial charge in [-0.2, -0.15) is 8.78 Å². The molecule has 0 nitrogen and oxygen atoms in total. The van der Waals surface area contributed by atoms with Gasteiger partial charge < -0.3 is 0 Å². The van der Waals surface area contributed by atoms with E-state index in [9.17, 15) is 8.78 Å². The highest BCUT2D eigenvalue weighted by Crippen LogP contribution is 2.25. The van der Waals surface area contributed by atoms with Crippen molar-refractivity contribution in [3.63, 3.8) is 0 Å². The summed E-state index contributed by atoms with van der Waals surface area (Å²) in [5.74, 6) is -0.546. The molecular formula is C2H2Cl2F2S. The zero-order valence-corrected chi connectivity index (χ0v) is 5.46. The number of hydrogen-bond donors (Lipinski definition) is 0. The van der Waals surface area contributed by atoms with Crippen molar-refractivity contribution in [2.24, 2.45) is 0 Å². The first-order valence-corrected chi connectivity index (χ1v) is 3.55. The summed E-state index contributed by atoms with van der Waals surface area (Å²) in [5, 5.41) is -3.15. The van der Waals surface area contributed by atoms with E-state index < -0.39 is 11.1 Å². The zero-order valence-electron chi connectivity index (χ0n) is 3.13. The van der Waals surface area contributed by atoms with Gasteiger partial charge >= 0.3 is 5.38 Å². The number of hydrogen-bond acceptors (Lipinski definition) is 1. The van der Waals surface area contributed by atoms with E-state index in [2.05, 4.69) is 11.6 Å². The summed E-state index contributed by atoms with van der Waals surface area (Å²) >= 11 is 4.39. The molecule has 0 aromatic heterocycles. The molecule has 0 rings (SSSR count). The van der Waals surface area contributed by atoms with E-state index >= 15 is 0 Å². The maximum atomic E-state index is 11.4. The quantitative estimate of drug-likeness (QED) is 0.569. The summed E-state index contributed by atoms with van der Waals surface area (Å²) in [4.78, 5) is 0. The van der Waals surface area contributed by atoms with Crippen LogP contribution in [0.2, 0.25) is 0 Å². The minimum absolute atomic E-state index is 0.499. The minimum atomic E-state index is -3.15. The summed E-state index contributed by atoms with van der Waals surface area (Å²) in [5.41, 5.74) is 0. The molecule has 0 fully saturated rings. The Morgan fingerprint density at radius 2 is 2.00 bits per heavy atom. The Labute approximate surface area is 53.7 Å². The Balaban J connectivity index is 3.15. The smallest absolute Gasteiger partial charge is 0.187 e. The van der Waals surface area contributed by atoms with Crippen LogP contribution in [0.1, 0.15) is 0 Å². The van der Waals surface area contributed by atoms with Gasteiger partial charge in [0.05, 0.1) is 5.75 Å². The molecule has 0 heterocycles. The van der Waals surface area contributed by atoms with Gasteiger partial charge in [-0.15, -0.1) is 0 Å². The number of alkyl halides is 3. The van der Waals surface area contributed by atoms with Gasteiger partial charge in [0.25, 0.3) is 0 Å². The van der Waals surface area contributed by atoms with Crippen LogP contribution in [0.15, 0.2) is 0 Å². The Morgan fingerprint density at radius 3 is 2.00 bits per heavy atom. The van der Waals surface area contributed by atoms with E-state index in [-0.39, 0.29) is 0 Å². The minimum Gasteiger partial charge on any atom is -0.187 e. The molecule has 0 aliphatic rings. The summed E-state index contributed by atoms with van der Waals surface area (Å²) in [6.07, 6.45) is 0. The van der Waals surface area contributed by atoms with Gasteiger partial charge in [-0.1, -0.05) is 0 Å². The molecular weight excluding hydrogens is 165 g/mol. The van der Waals surface area contributed by atoms with Crippen molar-refractivity contribution in [2.45, 2.75) is 5.38 Å². The number of rotatable bonds is 2. The second-order valence-corrected chi connectivity index (χ2v) is 2.58. The van der Waals surface area contributed by atoms with E-state index in [1.54, 1.807) is 0 Å². The fraction of sp³-hybridized carbons (Fsp3) is 1.00. The molecule has 0 aliphatic carbocycles. The van der Waals surface area contributed by atoms with Crippen LogP contribution < -0.4 is 0 Å². The Morgan fingerprint density at radius 1 is 1.57 bits per heavy atom. The zero-order chi connectivity index (χ0) is 5.91. The van der Waals surface area contributed by atoms with Gasteiger partial charge in [-0.3, -0.25) is 0 Å². The highest BCUT2D eigenvalue weighted by atomic mass is 35.7. The van der Waals surface area contributed by atoms with Crippen LogP contribution in [-0.2, 0) is 0 Å². The first-order chi connectivity index (χ1) is 3.06. The molecule has 0 aliphatic heterocycles. The van der Waals surface area contributed by atoms with Gasteiger partial charge in [-0.25, -0.2) is 0 Å². The molecule has 5 heteroatoms. The highest BCUT2D eigenvalue weighted by molar-refractivity contribution is 8.21. The predicted octanol–water partition coefficient (Wildman–Crippen LogP) is 2.71. The normalized spacial score (nSPS) is 12.0. The molecule has 0 saturated heterocycles. The molecule has 0 saturated carbocycles. The maximum Gasteiger partial charge on any atom is 0.331 e. The maximum absolute atomic E-state index is 11.4. The van der Waals surface area contributed by atoms with E-state index in [0.717, 1.165) is 0 Å². The number of halogens is 4. The molecule has 0 aromatic carbocycles. The molecule has 7 heavy (non-hydrogen) atoms. The third kappa shape index (κ3) is 6.79. The van der Waals surface area contributed by atoms with Crippen LogP contribution in [0.25, 0.3) is 0 Å². The van der Waals surface area contributed by atoms with Crippen molar-refractivity contribution in [1.29, 1.82) is 0 Å². The Bertz CT molecular complexity index is 52.1. The summed E-state index contributed by atoms with van der Waals surface area (Å²) < 4.78 is 22.8. The van der Waals surface area contributed by atoms with Crippen molar-refractivity contribution in [3.05, 3.63) is 0 Å². The fourth-order valence-electron chi connectivity index (χ4n) is 0.0619.